The van der Waals surface area contributed by atoms with Crippen molar-refractivity contribution in [2.24, 2.45) is 0 Å². The number of carbonyl (C=O) groups is 1. The van der Waals surface area contributed by atoms with Gasteiger partial charge in [-0.3, -0.25) is 0 Å². The molecular weight excluding hydrogens is 72.0 g/mol. The van der Waals surface area contributed by atoms with Crippen molar-refractivity contribution in [3.05, 3.63) is 0 Å². The highest BCUT2D eigenvalue weighted by atomic mass is 16.4. The molecule has 5 heavy (non-hydrogen) atoms. The Morgan fingerprint density at radius 3 is 2.20 bits per heavy atom. The third kappa shape index (κ3) is 3.43. The molecule has 0 aromatic rings. The van der Waals surface area contributed by atoms with Crippen LogP contribution in [0.2, 0.25) is 0 Å². The second-order valence-corrected chi connectivity index (χ2v) is 0.581. The van der Waals surface area contributed by atoms with E-state index in [-0.39, 0.29) is 0 Å². The number of aliphatic hydroxyl groups is 1. The van der Waals surface area contributed by atoms with Crippen molar-refractivity contribution >= 4 is 5.97 Å². The normalized spacial score (nSPS) is 7.40. The fourth-order valence-electron chi connectivity index (χ4n) is 0. The average Bonchev–Trinajstić information content (AvgIpc) is 1.38. The van der Waals surface area contributed by atoms with E-state index in [0.29, 0.717) is 0 Å². The van der Waals surface area contributed by atoms with Crippen LogP contribution in [0.25, 0.3) is 0 Å². The summed E-state index contributed by atoms with van der Waals surface area (Å²) in [7, 11) is 0. The molecule has 0 amide bonds. The summed E-state index contributed by atoms with van der Waals surface area (Å²) in [5, 5.41) is 13.5. The molecule has 0 unspecified atom stereocenters. The lowest BCUT2D eigenvalue weighted by Crippen LogP contribution is -1.98. The molecule has 0 aliphatic heterocycles. The van der Waals surface area contributed by atoms with E-state index >= 15 is 0 Å². The first-order chi connectivity index (χ1) is 2.27. The highest BCUT2D eigenvalue weighted by Gasteiger charge is 1.96. The summed E-state index contributed by atoms with van der Waals surface area (Å²) in [6.45, 7) is -0.667. The van der Waals surface area contributed by atoms with Crippen LogP contribution in [0.4, 0.5) is 0 Å². The van der Waals surface area contributed by atoms with Gasteiger partial charge in [0.05, 0.1) is 0 Å². The Morgan fingerprint density at radius 2 is 2.20 bits per heavy atom. The van der Waals surface area contributed by atoms with Crippen molar-refractivity contribution in [2.75, 3.05) is 6.61 Å². The Labute approximate surface area is 28.9 Å². The Morgan fingerprint density at radius 1 is 2.00 bits per heavy atom. The Hall–Kier alpha value is -0.570. The third-order valence-corrected chi connectivity index (χ3v) is 0.144. The molecule has 0 aliphatic rings. The highest BCUT2D eigenvalue weighted by molar-refractivity contribution is 5.67. The van der Waals surface area contributed by atoms with Gasteiger partial charge in [0.15, 0.2) is 0 Å². The van der Waals surface area contributed by atoms with Crippen LogP contribution >= 0.6 is 0 Å². The fraction of sp³-hybridized carbons (Fsp3) is 0.500. The molecule has 0 aromatic heterocycles. The second-order valence-electron chi connectivity index (χ2n) is 0.581. The van der Waals surface area contributed by atoms with Crippen LogP contribution in [0, 0.1) is 0 Å². The van der Waals surface area contributed by atoms with Crippen LogP contribution in [-0.2, 0) is 4.79 Å². The van der Waals surface area contributed by atoms with Gasteiger partial charge < -0.3 is 10.2 Å². The first-order valence-corrected chi connectivity index (χ1v) is 1.12. The van der Waals surface area contributed by atoms with Crippen LogP contribution in [0.3, 0.4) is 0 Å². The molecule has 0 aromatic carbocycles. The summed E-state index contributed by atoms with van der Waals surface area (Å²) in [5.41, 5.74) is 0. The van der Waals surface area contributed by atoms with Crippen LogP contribution in [0.5, 0.6) is 0 Å². The summed E-state index contributed by atoms with van der Waals surface area (Å²) in [4.78, 5) is 9.23. The van der Waals surface area contributed by atoms with Crippen LogP contribution < -0.4 is 0 Å². The minimum absolute atomic E-state index is 0.667. The second kappa shape index (κ2) is 1.72. The van der Waals surface area contributed by atoms with Gasteiger partial charge >= 0.3 is 5.97 Å². The van der Waals surface area contributed by atoms with Gasteiger partial charge in [-0.1, -0.05) is 0 Å². The lowest BCUT2D eigenvalue weighted by Gasteiger charge is -1.64. The highest BCUT2D eigenvalue weighted by Crippen LogP contribution is 1.48. The number of carbonyl (C=O) groups excluding carboxylic acids is 1. The van der Waals surface area contributed by atoms with Crippen LogP contribution in [0.1, 0.15) is 0 Å². The van der Waals surface area contributed by atoms with Crippen LogP contribution in [-0.4, -0.2) is 22.8 Å². The number of aliphatic hydroxyl groups excluding tert-OH is 1. The first-order valence-electron chi connectivity index (χ1n) is 1.12. The zero-order chi connectivity index (χ0) is 4.28. The van der Waals surface area contributed by atoms with Gasteiger partial charge in [0.1, 0.15) is 0 Å². The van der Waals surface area contributed by atoms with Gasteiger partial charge in [-0.15, -0.1) is 0 Å². The lowest BCUT2D eigenvalue weighted by molar-refractivity contribution is -0.140. The maximum atomic E-state index is 9.23. The van der Waals surface area contributed by atoms with E-state index in [0.717, 1.165) is 0 Å². The molecule has 0 atom stereocenters. The molecular formula is C2H5O3+. The van der Waals surface area contributed by atoms with Crippen molar-refractivity contribution in [1.82, 2.24) is 0 Å². The molecule has 0 fully saturated rings. The number of rotatable bonds is 1. The van der Waals surface area contributed by atoms with Crippen molar-refractivity contribution < 1.29 is 15.0 Å². The summed E-state index contributed by atoms with van der Waals surface area (Å²) in [6, 6.07) is 0. The minimum atomic E-state index is -0.940. The van der Waals surface area contributed by atoms with E-state index in [1.54, 1.807) is 0 Å². The standard InChI is InChI=1S/C2H4O3/c3-1-2(4)5/h3H,1H2,(H,4,5)/p+1. The quantitative estimate of drug-likeness (QED) is 0.376. The maximum Gasteiger partial charge on any atom is 0.541 e. The summed E-state index contributed by atoms with van der Waals surface area (Å²) in [5.74, 6) is -0.940. The van der Waals surface area contributed by atoms with Crippen LogP contribution in [0.15, 0.2) is 0 Å². The average molecular weight is 77.1 g/mol. The Bertz CT molecular complexity index is 40.2. The maximum absolute atomic E-state index is 9.23. The summed E-state index contributed by atoms with van der Waals surface area (Å²) >= 11 is 0. The Balaban J connectivity index is 2.85. The van der Waals surface area contributed by atoms with E-state index in [4.69, 9.17) is 10.2 Å². The van der Waals surface area contributed by atoms with Gasteiger partial charge in [0, 0.05) is 4.79 Å². The number of hydrogen-bond donors (Lipinski definition) is 1. The molecule has 0 bridgehead atoms. The van der Waals surface area contributed by atoms with E-state index in [1.165, 1.54) is 0 Å². The molecule has 0 saturated carbocycles. The molecule has 3 N–H and O–H groups in total. The zero-order valence-corrected chi connectivity index (χ0v) is 2.56. The molecule has 0 radical (unpaired) electrons. The molecule has 0 saturated heterocycles. The minimum Gasteiger partial charge on any atom is -0.563 e. The zero-order valence-electron chi connectivity index (χ0n) is 2.56. The Kier molecular flexibility index (Phi) is 1.53. The van der Waals surface area contributed by atoms with E-state index in [2.05, 4.69) is 0 Å². The largest absolute Gasteiger partial charge is 0.563 e. The van der Waals surface area contributed by atoms with Crippen molar-refractivity contribution in [3.63, 3.8) is 0 Å². The topological polar surface area (TPSA) is 60.2 Å². The van der Waals surface area contributed by atoms with E-state index in [1.807, 2.05) is 0 Å². The van der Waals surface area contributed by atoms with E-state index in [9.17, 15) is 4.79 Å². The smallest absolute Gasteiger partial charge is 0.541 e. The molecule has 0 heterocycles. The monoisotopic (exact) mass is 77.0 g/mol. The fourth-order valence-corrected chi connectivity index (χ4v) is 0. The molecule has 30 valence electrons. The molecule has 3 heteroatoms. The first kappa shape index (κ1) is 4.43. The molecule has 3 nitrogen and oxygen atoms in total. The molecule has 0 rings (SSSR count). The van der Waals surface area contributed by atoms with Gasteiger partial charge in [0.25, 0.3) is 0 Å². The van der Waals surface area contributed by atoms with Crippen molar-refractivity contribution in [1.29, 1.82) is 0 Å². The molecule has 0 spiro atoms. The number of hydrogen-bond acceptors (Lipinski definition) is 2. The van der Waals surface area contributed by atoms with Crippen molar-refractivity contribution in [2.45, 2.75) is 0 Å². The molecule has 0 aliphatic carbocycles. The van der Waals surface area contributed by atoms with Crippen molar-refractivity contribution in [3.8, 4) is 0 Å². The van der Waals surface area contributed by atoms with Gasteiger partial charge in [-0.05, 0) is 0 Å². The summed E-state index contributed by atoms with van der Waals surface area (Å²) in [6.07, 6.45) is 0. The summed E-state index contributed by atoms with van der Waals surface area (Å²) < 4.78 is 0. The predicted octanol–water partition coefficient (Wildman–Crippen LogP) is -1.77. The van der Waals surface area contributed by atoms with Gasteiger partial charge in [-0.25, -0.2) is 0 Å². The predicted molar refractivity (Wildman–Crippen MR) is 15.7 cm³/mol. The SMILES string of the molecule is O=C([OH2+])CO. The lowest BCUT2D eigenvalue weighted by atomic mass is 10.8. The van der Waals surface area contributed by atoms with Gasteiger partial charge in [-0.2, -0.15) is 0 Å². The van der Waals surface area contributed by atoms with E-state index < -0.39 is 12.6 Å². The van der Waals surface area contributed by atoms with Gasteiger partial charge in [0.2, 0.25) is 6.61 Å². The third-order valence-electron chi connectivity index (χ3n) is 0.144.